The van der Waals surface area contributed by atoms with Crippen molar-refractivity contribution in [2.75, 3.05) is 19.7 Å². The molecule has 7 heteroatoms. The van der Waals surface area contributed by atoms with Crippen molar-refractivity contribution < 1.29 is 14.3 Å². The van der Waals surface area contributed by atoms with Gasteiger partial charge in [-0.3, -0.25) is 9.59 Å². The van der Waals surface area contributed by atoms with Crippen molar-refractivity contribution in [1.82, 2.24) is 19.7 Å². The van der Waals surface area contributed by atoms with Gasteiger partial charge in [0.15, 0.2) is 0 Å². The van der Waals surface area contributed by atoms with E-state index >= 15 is 0 Å². The lowest BCUT2D eigenvalue weighted by molar-refractivity contribution is -0.152. The summed E-state index contributed by atoms with van der Waals surface area (Å²) in [4.78, 5) is 31.7. The molecule has 1 fully saturated rings. The molecule has 1 amide bonds. The van der Waals surface area contributed by atoms with Crippen molar-refractivity contribution in [1.29, 1.82) is 0 Å². The zero-order chi connectivity index (χ0) is 19.7. The van der Waals surface area contributed by atoms with Gasteiger partial charge in [-0.2, -0.15) is 5.10 Å². The molecule has 146 valence electrons. The van der Waals surface area contributed by atoms with Crippen molar-refractivity contribution in [2.45, 2.75) is 13.8 Å². The summed E-state index contributed by atoms with van der Waals surface area (Å²) in [6.07, 6.45) is 7.26. The first-order valence-electron chi connectivity index (χ1n) is 9.68. The van der Waals surface area contributed by atoms with Crippen molar-refractivity contribution in [3.05, 3.63) is 54.6 Å². The van der Waals surface area contributed by atoms with Crippen LogP contribution in [0.5, 0.6) is 0 Å². The maximum Gasteiger partial charge on any atom is 0.309 e. The van der Waals surface area contributed by atoms with E-state index < -0.39 is 0 Å². The van der Waals surface area contributed by atoms with Gasteiger partial charge in [0, 0.05) is 13.1 Å². The van der Waals surface area contributed by atoms with Gasteiger partial charge >= 0.3 is 5.97 Å². The van der Waals surface area contributed by atoms with Crippen LogP contribution in [0.15, 0.2) is 49.1 Å². The van der Waals surface area contributed by atoms with Crippen LogP contribution in [0.1, 0.15) is 24.2 Å². The van der Waals surface area contributed by atoms with Gasteiger partial charge in [-0.25, -0.2) is 9.67 Å². The molecule has 7 nitrogen and oxygen atoms in total. The van der Waals surface area contributed by atoms with Crippen LogP contribution in [-0.2, 0) is 9.53 Å². The molecule has 0 N–H and O–H groups in total. The smallest absolute Gasteiger partial charge is 0.309 e. The van der Waals surface area contributed by atoms with Gasteiger partial charge in [0.2, 0.25) is 0 Å². The zero-order valence-corrected chi connectivity index (χ0v) is 16.1. The van der Waals surface area contributed by atoms with Gasteiger partial charge in [-0.1, -0.05) is 31.2 Å². The first-order valence-corrected chi connectivity index (χ1v) is 9.68. The van der Waals surface area contributed by atoms with E-state index in [0.717, 1.165) is 0 Å². The lowest BCUT2D eigenvalue weighted by Crippen LogP contribution is -2.37. The van der Waals surface area contributed by atoms with Crippen molar-refractivity contribution in [3.8, 4) is 5.69 Å². The van der Waals surface area contributed by atoms with E-state index in [4.69, 9.17) is 4.74 Å². The fourth-order valence-electron chi connectivity index (χ4n) is 4.42. The number of carbonyl (C=O) groups excluding carboxylic acids is 2. The highest BCUT2D eigenvalue weighted by atomic mass is 16.5. The molecular weight excluding hydrogens is 356 g/mol. The van der Waals surface area contributed by atoms with Gasteiger partial charge in [-0.05, 0) is 36.8 Å². The Hall–Kier alpha value is -2.96. The Balaban J connectivity index is 1.59. The number of hydrogen-bond donors (Lipinski definition) is 0. The SMILES string of the molecule is CCOC(=O)[C@H]1[C@@H]2CN(C(=O)c3ccccc3-n3cncn3)C[C@@H]2C=C[C@@H]1C. The van der Waals surface area contributed by atoms with Gasteiger partial charge in [-0.15, -0.1) is 0 Å². The number of allylic oxidation sites excluding steroid dienone is 1. The second-order valence-electron chi connectivity index (χ2n) is 7.42. The first kappa shape index (κ1) is 18.4. The molecule has 1 aromatic carbocycles. The van der Waals surface area contributed by atoms with Gasteiger partial charge < -0.3 is 9.64 Å². The minimum absolute atomic E-state index is 0.0517. The monoisotopic (exact) mass is 380 g/mol. The van der Waals surface area contributed by atoms with Gasteiger partial charge in [0.1, 0.15) is 12.7 Å². The van der Waals surface area contributed by atoms with Crippen molar-refractivity contribution >= 4 is 11.9 Å². The van der Waals surface area contributed by atoms with E-state index in [-0.39, 0.29) is 35.5 Å². The van der Waals surface area contributed by atoms with Crippen LogP contribution in [0.25, 0.3) is 5.69 Å². The number of carbonyl (C=O) groups is 2. The third-order valence-corrected chi connectivity index (χ3v) is 5.75. The molecule has 2 aliphatic rings. The fraction of sp³-hybridized carbons (Fsp3) is 0.429. The summed E-state index contributed by atoms with van der Waals surface area (Å²) in [5.41, 5.74) is 1.28. The maximum absolute atomic E-state index is 13.3. The lowest BCUT2D eigenvalue weighted by atomic mass is 9.72. The van der Waals surface area contributed by atoms with Crippen LogP contribution in [0.3, 0.4) is 0 Å². The third-order valence-electron chi connectivity index (χ3n) is 5.75. The Morgan fingerprint density at radius 1 is 1.21 bits per heavy atom. The van der Waals surface area contributed by atoms with E-state index in [1.54, 1.807) is 11.0 Å². The molecule has 0 bridgehead atoms. The van der Waals surface area contributed by atoms with Gasteiger partial charge in [0.25, 0.3) is 5.91 Å². The molecule has 2 aromatic rings. The molecule has 1 saturated heterocycles. The summed E-state index contributed by atoms with van der Waals surface area (Å²) in [5.74, 6) is -0.0541. The molecule has 1 aliphatic heterocycles. The Labute approximate surface area is 164 Å². The Kier molecular flexibility index (Phi) is 4.98. The molecular formula is C21H24N4O3. The zero-order valence-electron chi connectivity index (χ0n) is 16.1. The summed E-state index contributed by atoms with van der Waals surface area (Å²) >= 11 is 0. The summed E-state index contributed by atoms with van der Waals surface area (Å²) in [7, 11) is 0. The predicted octanol–water partition coefficient (Wildman–Crippen LogP) is 2.34. The van der Waals surface area contributed by atoms with Crippen LogP contribution in [-0.4, -0.2) is 51.2 Å². The van der Waals surface area contributed by atoms with Crippen molar-refractivity contribution in [3.63, 3.8) is 0 Å². The number of fused-ring (bicyclic) bond motifs is 1. The maximum atomic E-state index is 13.3. The summed E-state index contributed by atoms with van der Waals surface area (Å²) in [6.45, 7) is 5.39. The standard InChI is InChI=1S/C21H24N4O3/c1-3-28-21(27)19-14(2)8-9-15-10-24(11-17(15)19)20(26)16-6-4-5-7-18(16)25-13-22-12-23-25/h4-9,12-15,17,19H,3,10-11H2,1-2H3/t14-,15-,17+,19+/m0/s1. The number of likely N-dealkylation sites (tertiary alicyclic amines) is 1. The molecule has 1 aromatic heterocycles. The van der Waals surface area contributed by atoms with E-state index in [1.165, 1.54) is 6.33 Å². The number of nitrogens with zero attached hydrogens (tertiary/aromatic N) is 4. The average molecular weight is 380 g/mol. The summed E-state index contributed by atoms with van der Waals surface area (Å²) in [6, 6.07) is 7.38. The minimum Gasteiger partial charge on any atom is -0.466 e. The minimum atomic E-state index is -0.210. The second-order valence-corrected chi connectivity index (χ2v) is 7.42. The Morgan fingerprint density at radius 3 is 2.79 bits per heavy atom. The van der Waals surface area contributed by atoms with E-state index in [2.05, 4.69) is 22.2 Å². The molecule has 0 spiro atoms. The van der Waals surface area contributed by atoms with Crippen LogP contribution in [0, 0.1) is 23.7 Å². The topological polar surface area (TPSA) is 77.3 Å². The normalized spacial score (nSPS) is 26.1. The third kappa shape index (κ3) is 3.21. The molecule has 0 unspecified atom stereocenters. The second kappa shape index (κ2) is 7.58. The Bertz CT molecular complexity index is 893. The highest BCUT2D eigenvalue weighted by molar-refractivity contribution is 5.98. The highest BCUT2D eigenvalue weighted by Gasteiger charge is 2.46. The van der Waals surface area contributed by atoms with Crippen LogP contribution in [0.2, 0.25) is 0 Å². The predicted molar refractivity (Wildman–Crippen MR) is 103 cm³/mol. The summed E-state index contributed by atoms with van der Waals surface area (Å²) in [5, 5.41) is 4.16. The molecule has 4 rings (SSSR count). The van der Waals surface area contributed by atoms with E-state index in [1.807, 2.05) is 43.0 Å². The van der Waals surface area contributed by atoms with E-state index in [0.29, 0.717) is 30.9 Å². The lowest BCUT2D eigenvalue weighted by Gasteiger charge is -2.31. The van der Waals surface area contributed by atoms with Crippen molar-refractivity contribution in [2.24, 2.45) is 23.7 Å². The number of para-hydroxylation sites is 1. The molecule has 4 atom stereocenters. The van der Waals surface area contributed by atoms with Crippen LogP contribution >= 0.6 is 0 Å². The fourth-order valence-corrected chi connectivity index (χ4v) is 4.42. The number of amides is 1. The summed E-state index contributed by atoms with van der Waals surface area (Å²) < 4.78 is 6.91. The molecule has 0 saturated carbocycles. The number of ether oxygens (including phenoxy) is 1. The first-order chi connectivity index (χ1) is 13.6. The molecule has 0 radical (unpaired) electrons. The Morgan fingerprint density at radius 2 is 2.04 bits per heavy atom. The quantitative estimate of drug-likeness (QED) is 0.601. The number of hydrogen-bond acceptors (Lipinski definition) is 5. The largest absolute Gasteiger partial charge is 0.466 e. The van der Waals surface area contributed by atoms with E-state index in [9.17, 15) is 9.59 Å². The number of benzene rings is 1. The number of rotatable bonds is 4. The molecule has 1 aliphatic carbocycles. The number of aromatic nitrogens is 3. The number of esters is 1. The molecule has 28 heavy (non-hydrogen) atoms. The van der Waals surface area contributed by atoms with Crippen LogP contribution in [0.4, 0.5) is 0 Å². The average Bonchev–Trinajstić information content (AvgIpc) is 3.37. The highest BCUT2D eigenvalue weighted by Crippen LogP contribution is 2.40. The van der Waals surface area contributed by atoms with Gasteiger partial charge in [0.05, 0.1) is 23.8 Å². The van der Waals surface area contributed by atoms with Crippen LogP contribution < -0.4 is 0 Å². The molecule has 2 heterocycles.